The highest BCUT2D eigenvalue weighted by molar-refractivity contribution is 7.91. The van der Waals surface area contributed by atoms with Crippen LogP contribution in [-0.4, -0.2) is 47.8 Å². The average molecular weight is 509 g/mol. The molecule has 36 heavy (non-hydrogen) atoms. The molecule has 1 atom stereocenters. The molecule has 10 nitrogen and oxygen atoms in total. The van der Waals surface area contributed by atoms with E-state index in [4.69, 9.17) is 14.2 Å². The summed E-state index contributed by atoms with van der Waals surface area (Å²) in [6.07, 6.45) is 6.34. The van der Waals surface area contributed by atoms with Crippen LogP contribution in [0.1, 0.15) is 31.2 Å². The number of rotatable bonds is 5. The van der Waals surface area contributed by atoms with Crippen molar-refractivity contribution < 1.29 is 22.6 Å². The molecule has 6 rings (SSSR count). The Labute approximate surface area is 206 Å². The fourth-order valence-corrected chi connectivity index (χ4v) is 5.79. The lowest BCUT2D eigenvalue weighted by Gasteiger charge is -2.22. The van der Waals surface area contributed by atoms with E-state index in [0.29, 0.717) is 41.2 Å². The van der Waals surface area contributed by atoms with Crippen molar-refractivity contribution in [3.05, 3.63) is 70.9 Å². The van der Waals surface area contributed by atoms with Crippen LogP contribution in [0.3, 0.4) is 0 Å². The highest BCUT2D eigenvalue weighted by atomic mass is 32.2. The zero-order chi connectivity index (χ0) is 24.7. The topological polar surface area (TPSA) is 115 Å². The summed E-state index contributed by atoms with van der Waals surface area (Å²) in [5.41, 5.74) is 0.371. The Hall–Kier alpha value is -3.70. The fraction of sp³-hybridized carbons (Fsp3) is 0.320. The summed E-state index contributed by atoms with van der Waals surface area (Å²) in [6.45, 7) is 1.70. The van der Waals surface area contributed by atoms with Gasteiger partial charge in [0.15, 0.2) is 11.5 Å². The maximum atomic E-state index is 13.3. The van der Waals surface area contributed by atoms with Gasteiger partial charge < -0.3 is 14.2 Å². The zero-order valence-electron chi connectivity index (χ0n) is 19.4. The van der Waals surface area contributed by atoms with Crippen LogP contribution in [0.15, 0.2) is 69.4 Å². The minimum Gasteiger partial charge on any atom is -0.486 e. The number of hydrogen-bond acceptors (Lipinski definition) is 8. The number of ether oxygens (including phenoxy) is 3. The second kappa shape index (κ2) is 9.07. The molecule has 11 heteroatoms. The van der Waals surface area contributed by atoms with Gasteiger partial charge in [0.05, 0.1) is 33.6 Å². The highest BCUT2D eigenvalue weighted by Crippen LogP contribution is 2.34. The molecule has 0 spiro atoms. The van der Waals surface area contributed by atoms with Crippen molar-refractivity contribution in [1.29, 1.82) is 0 Å². The lowest BCUT2D eigenvalue weighted by Crippen LogP contribution is -2.24. The van der Waals surface area contributed by atoms with Gasteiger partial charge in [0.2, 0.25) is 9.84 Å². The molecule has 2 aromatic carbocycles. The van der Waals surface area contributed by atoms with Gasteiger partial charge in [-0.25, -0.2) is 17.8 Å². The third-order valence-electron chi connectivity index (χ3n) is 6.38. The summed E-state index contributed by atoms with van der Waals surface area (Å²) < 4.78 is 46.4. The molecule has 0 saturated carbocycles. The zero-order valence-corrected chi connectivity index (χ0v) is 20.2. The molecule has 2 aliphatic heterocycles. The minimum absolute atomic E-state index is 0.0665. The SMILES string of the molecule is O=c1c2ccc(S(=O)(=O)c3ccc4c(c3)OCCO4)cc2cnn1Cc1ccn(C2CCCCO2)n1. The molecular weight excluding hydrogens is 484 g/mol. The van der Waals surface area contributed by atoms with Crippen molar-refractivity contribution in [2.75, 3.05) is 19.8 Å². The Morgan fingerprint density at radius 1 is 0.944 bits per heavy atom. The van der Waals surface area contributed by atoms with E-state index >= 15 is 0 Å². The summed E-state index contributed by atoms with van der Waals surface area (Å²) in [5.74, 6) is 0.907. The van der Waals surface area contributed by atoms with Crippen LogP contribution < -0.4 is 15.0 Å². The van der Waals surface area contributed by atoms with Gasteiger partial charge in [-0.1, -0.05) is 0 Å². The largest absolute Gasteiger partial charge is 0.486 e. The van der Waals surface area contributed by atoms with Crippen molar-refractivity contribution in [2.45, 2.75) is 41.8 Å². The summed E-state index contributed by atoms with van der Waals surface area (Å²) >= 11 is 0. The first-order valence-electron chi connectivity index (χ1n) is 11.8. The highest BCUT2D eigenvalue weighted by Gasteiger charge is 2.23. The van der Waals surface area contributed by atoms with Gasteiger partial charge >= 0.3 is 0 Å². The Morgan fingerprint density at radius 3 is 2.58 bits per heavy atom. The van der Waals surface area contributed by atoms with Crippen LogP contribution in [0.2, 0.25) is 0 Å². The molecule has 1 saturated heterocycles. The lowest BCUT2D eigenvalue weighted by atomic mass is 10.2. The molecule has 2 aliphatic rings. The Morgan fingerprint density at radius 2 is 1.75 bits per heavy atom. The maximum absolute atomic E-state index is 13.3. The first-order valence-corrected chi connectivity index (χ1v) is 13.3. The monoisotopic (exact) mass is 508 g/mol. The predicted molar refractivity (Wildman–Crippen MR) is 129 cm³/mol. The number of benzene rings is 2. The van der Waals surface area contributed by atoms with Crippen LogP contribution in [0, 0.1) is 0 Å². The average Bonchev–Trinajstić information content (AvgIpc) is 3.39. The Kier molecular flexibility index (Phi) is 5.73. The fourth-order valence-electron chi connectivity index (χ4n) is 4.48. The van der Waals surface area contributed by atoms with E-state index in [2.05, 4.69) is 10.2 Å². The molecule has 4 heterocycles. The summed E-state index contributed by atoms with van der Waals surface area (Å²) in [7, 11) is -3.84. The maximum Gasteiger partial charge on any atom is 0.274 e. The molecule has 186 valence electrons. The summed E-state index contributed by atoms with van der Waals surface area (Å²) in [6, 6.07) is 10.8. The standard InChI is InChI=1S/C25H24N4O6S/c30-25-21-6-4-19(36(31,32)20-5-7-22-23(14-20)34-12-11-33-22)13-17(21)15-26-29(25)16-18-8-9-28(27-18)24-3-1-2-10-35-24/h4-9,13-15,24H,1-3,10-12,16H2. The van der Waals surface area contributed by atoms with Crippen molar-refractivity contribution >= 4 is 20.6 Å². The van der Waals surface area contributed by atoms with Gasteiger partial charge in [0, 0.05) is 24.3 Å². The van der Waals surface area contributed by atoms with Crippen LogP contribution in [0.5, 0.6) is 11.5 Å². The predicted octanol–water partition coefficient (Wildman–Crippen LogP) is 2.94. The number of sulfone groups is 1. The molecule has 0 bridgehead atoms. The smallest absolute Gasteiger partial charge is 0.274 e. The second-order valence-electron chi connectivity index (χ2n) is 8.77. The van der Waals surface area contributed by atoms with Gasteiger partial charge in [-0.05, 0) is 55.7 Å². The molecule has 0 radical (unpaired) electrons. The van der Waals surface area contributed by atoms with E-state index in [0.717, 1.165) is 25.9 Å². The molecule has 1 unspecified atom stereocenters. The molecule has 4 aromatic rings. The van der Waals surface area contributed by atoms with Crippen molar-refractivity contribution in [3.8, 4) is 11.5 Å². The van der Waals surface area contributed by atoms with E-state index < -0.39 is 9.84 Å². The minimum atomic E-state index is -3.84. The van der Waals surface area contributed by atoms with Gasteiger partial charge in [0.1, 0.15) is 19.4 Å². The molecule has 1 fully saturated rings. The van der Waals surface area contributed by atoms with E-state index in [1.54, 1.807) is 10.7 Å². The van der Waals surface area contributed by atoms with Crippen LogP contribution in [-0.2, 0) is 21.1 Å². The summed E-state index contributed by atoms with van der Waals surface area (Å²) in [4.78, 5) is 13.2. The van der Waals surface area contributed by atoms with Gasteiger partial charge in [0.25, 0.3) is 5.56 Å². The number of fused-ring (bicyclic) bond motifs is 2. The van der Waals surface area contributed by atoms with Gasteiger partial charge in [-0.3, -0.25) is 4.79 Å². The van der Waals surface area contributed by atoms with E-state index in [1.165, 1.54) is 41.2 Å². The van der Waals surface area contributed by atoms with Crippen molar-refractivity contribution in [3.63, 3.8) is 0 Å². The van der Waals surface area contributed by atoms with E-state index in [-0.39, 0.29) is 28.1 Å². The third kappa shape index (κ3) is 4.14. The Balaban J connectivity index is 1.27. The first kappa shape index (κ1) is 22.7. The van der Waals surface area contributed by atoms with Crippen molar-refractivity contribution in [2.24, 2.45) is 0 Å². The number of hydrogen-bond donors (Lipinski definition) is 0. The Bertz CT molecular complexity index is 1600. The quantitative estimate of drug-likeness (QED) is 0.404. The third-order valence-corrected chi connectivity index (χ3v) is 8.13. The molecule has 2 aromatic heterocycles. The van der Waals surface area contributed by atoms with Gasteiger partial charge in [-0.2, -0.15) is 10.2 Å². The number of aromatic nitrogens is 4. The molecular formula is C25H24N4O6S. The van der Waals surface area contributed by atoms with E-state index in [1.807, 2.05) is 12.3 Å². The molecule has 0 aliphatic carbocycles. The lowest BCUT2D eigenvalue weighted by molar-refractivity contribution is -0.0397. The van der Waals surface area contributed by atoms with Gasteiger partial charge in [-0.15, -0.1) is 0 Å². The molecule has 0 N–H and O–H groups in total. The normalized spacial score (nSPS) is 17.8. The van der Waals surface area contributed by atoms with Crippen LogP contribution in [0.25, 0.3) is 10.8 Å². The van der Waals surface area contributed by atoms with Crippen LogP contribution in [0.4, 0.5) is 0 Å². The first-order chi connectivity index (χ1) is 17.5. The second-order valence-corrected chi connectivity index (χ2v) is 10.7. The molecule has 0 amide bonds. The van der Waals surface area contributed by atoms with Crippen LogP contribution >= 0.6 is 0 Å². The number of nitrogens with zero attached hydrogens (tertiary/aromatic N) is 4. The van der Waals surface area contributed by atoms with E-state index in [9.17, 15) is 13.2 Å². The van der Waals surface area contributed by atoms with Crippen molar-refractivity contribution in [1.82, 2.24) is 19.6 Å². The summed E-state index contributed by atoms with van der Waals surface area (Å²) in [5, 5.41) is 9.64.